The number of anilines is 2. The second-order valence-corrected chi connectivity index (χ2v) is 5.63. The first-order valence-corrected chi connectivity index (χ1v) is 7.28. The van der Waals surface area contributed by atoms with Crippen molar-refractivity contribution in [1.29, 1.82) is 0 Å². The van der Waals surface area contributed by atoms with Gasteiger partial charge in [-0.2, -0.15) is 4.37 Å². The Bertz CT molecular complexity index is 339. The molecule has 1 aliphatic carbocycles. The Hall–Kier alpha value is -0.420. The molecule has 1 aliphatic rings. The third-order valence-electron chi connectivity index (χ3n) is 3.24. The minimum atomic E-state index is 0.323. The lowest BCUT2D eigenvalue weighted by Gasteiger charge is -2.42. The lowest BCUT2D eigenvalue weighted by atomic mass is 9.75. The van der Waals surface area contributed by atoms with Gasteiger partial charge < -0.3 is 11.1 Å². The molecule has 3 nitrogen and oxygen atoms in total. The summed E-state index contributed by atoms with van der Waals surface area (Å²) in [6.07, 6.45) is 7.11. The molecule has 2 rings (SSSR count). The maximum absolute atomic E-state index is 5.81. The second-order valence-electron chi connectivity index (χ2n) is 4.04. The fourth-order valence-corrected chi connectivity index (χ4v) is 3.62. The lowest BCUT2D eigenvalue weighted by molar-refractivity contribution is 0.270. The Labute approximate surface area is 99.0 Å². The third-order valence-corrected chi connectivity index (χ3v) is 4.97. The first kappa shape index (κ1) is 11.1. The fraction of sp³-hybridized carbons (Fsp3) is 0.700. The molecule has 0 bridgehead atoms. The zero-order valence-electron chi connectivity index (χ0n) is 9.17. The number of aromatic nitrogens is 1. The van der Waals surface area contributed by atoms with Crippen molar-refractivity contribution in [1.82, 2.24) is 4.37 Å². The summed E-state index contributed by atoms with van der Waals surface area (Å²) in [5, 5.41) is 4.79. The minimum absolute atomic E-state index is 0.323. The van der Waals surface area contributed by atoms with Gasteiger partial charge in [0, 0.05) is 5.54 Å². The van der Waals surface area contributed by atoms with Gasteiger partial charge in [0.05, 0.1) is 4.90 Å². The fourth-order valence-electron chi connectivity index (χ4n) is 1.98. The van der Waals surface area contributed by atoms with Crippen LogP contribution in [-0.2, 0) is 0 Å². The molecular weight excluding hydrogens is 226 g/mol. The molecule has 0 radical (unpaired) electrons. The molecule has 1 aromatic rings. The average Bonchev–Trinajstić information content (AvgIpc) is 2.53. The first-order chi connectivity index (χ1) is 7.21. The molecule has 0 unspecified atom stereocenters. The summed E-state index contributed by atoms with van der Waals surface area (Å²) >= 11 is 3.16. The highest BCUT2D eigenvalue weighted by Gasteiger charge is 2.36. The zero-order chi connectivity index (χ0) is 10.9. The van der Waals surface area contributed by atoms with Crippen molar-refractivity contribution in [2.45, 2.75) is 43.0 Å². The summed E-state index contributed by atoms with van der Waals surface area (Å²) in [5.74, 6) is 0.667. The van der Waals surface area contributed by atoms with Crippen LogP contribution in [0.15, 0.2) is 4.90 Å². The quantitative estimate of drug-likeness (QED) is 0.797. The van der Waals surface area contributed by atoms with Gasteiger partial charge in [-0.3, -0.25) is 0 Å². The summed E-state index contributed by atoms with van der Waals surface area (Å²) in [6, 6.07) is 0. The van der Waals surface area contributed by atoms with E-state index in [1.54, 1.807) is 11.8 Å². The molecule has 5 heteroatoms. The highest BCUT2D eigenvalue weighted by atomic mass is 32.2. The van der Waals surface area contributed by atoms with Gasteiger partial charge in [0.15, 0.2) is 5.82 Å². The van der Waals surface area contributed by atoms with Crippen molar-refractivity contribution in [2.75, 3.05) is 17.3 Å². The molecule has 84 valence electrons. The van der Waals surface area contributed by atoms with Crippen LogP contribution < -0.4 is 11.1 Å². The van der Waals surface area contributed by atoms with Crippen molar-refractivity contribution in [3.63, 3.8) is 0 Å². The number of nitrogens with zero attached hydrogens (tertiary/aromatic N) is 1. The van der Waals surface area contributed by atoms with Gasteiger partial charge in [-0.25, -0.2) is 0 Å². The van der Waals surface area contributed by atoms with Crippen LogP contribution in [0.3, 0.4) is 0 Å². The number of rotatable bonds is 4. The van der Waals surface area contributed by atoms with Crippen molar-refractivity contribution in [3.05, 3.63) is 0 Å². The first-order valence-electron chi connectivity index (χ1n) is 5.28. The monoisotopic (exact) mass is 243 g/mol. The second kappa shape index (κ2) is 4.22. The predicted molar refractivity (Wildman–Crippen MR) is 68.8 cm³/mol. The summed E-state index contributed by atoms with van der Waals surface area (Å²) < 4.78 is 4.20. The van der Waals surface area contributed by atoms with E-state index in [1.807, 2.05) is 6.26 Å². The van der Waals surface area contributed by atoms with Gasteiger partial charge in [-0.15, -0.1) is 11.8 Å². The number of nitrogens with one attached hydrogen (secondary N) is 1. The van der Waals surface area contributed by atoms with Gasteiger partial charge in [-0.05, 0) is 43.5 Å². The topological polar surface area (TPSA) is 50.9 Å². The van der Waals surface area contributed by atoms with Gasteiger partial charge in [0.25, 0.3) is 0 Å². The molecular formula is C10H17N3S2. The highest BCUT2D eigenvalue weighted by molar-refractivity contribution is 7.99. The molecule has 1 aromatic heterocycles. The normalized spacial score (nSPS) is 18.5. The van der Waals surface area contributed by atoms with Crippen molar-refractivity contribution in [2.24, 2.45) is 0 Å². The molecule has 0 saturated heterocycles. The highest BCUT2D eigenvalue weighted by Crippen LogP contribution is 2.43. The number of hydrogen-bond acceptors (Lipinski definition) is 5. The Balaban J connectivity index is 2.16. The molecule has 0 amide bonds. The minimum Gasteiger partial charge on any atom is -0.382 e. The van der Waals surface area contributed by atoms with Crippen LogP contribution in [0.5, 0.6) is 0 Å². The molecule has 1 saturated carbocycles. The standard InChI is InChI=1S/C10H17N3S2/c1-3-10(5-4-6-10)12-9-7(14-2)8(11)13-15-9/h12H,3-6H2,1-2H3,(H2,11,13). The van der Waals surface area contributed by atoms with Gasteiger partial charge in [0.2, 0.25) is 0 Å². The number of nitrogen functional groups attached to an aromatic ring is 1. The van der Waals surface area contributed by atoms with E-state index in [2.05, 4.69) is 16.6 Å². The van der Waals surface area contributed by atoms with E-state index in [4.69, 9.17) is 5.73 Å². The van der Waals surface area contributed by atoms with E-state index in [-0.39, 0.29) is 0 Å². The summed E-state index contributed by atoms with van der Waals surface area (Å²) in [4.78, 5) is 1.11. The van der Waals surface area contributed by atoms with E-state index >= 15 is 0 Å². The zero-order valence-corrected chi connectivity index (χ0v) is 10.8. The van der Waals surface area contributed by atoms with Crippen LogP contribution in [0.25, 0.3) is 0 Å². The molecule has 0 atom stereocenters. The van der Waals surface area contributed by atoms with E-state index in [1.165, 1.54) is 37.2 Å². The van der Waals surface area contributed by atoms with Crippen LogP contribution in [0, 0.1) is 0 Å². The lowest BCUT2D eigenvalue weighted by Crippen LogP contribution is -2.44. The molecule has 0 spiro atoms. The van der Waals surface area contributed by atoms with Gasteiger partial charge >= 0.3 is 0 Å². The Morgan fingerprint density at radius 1 is 1.60 bits per heavy atom. The summed E-state index contributed by atoms with van der Waals surface area (Å²) in [7, 11) is 0. The van der Waals surface area contributed by atoms with Gasteiger partial charge in [0.1, 0.15) is 5.00 Å². The van der Waals surface area contributed by atoms with E-state index in [0.717, 1.165) is 9.90 Å². The molecule has 15 heavy (non-hydrogen) atoms. The van der Waals surface area contributed by atoms with Crippen molar-refractivity contribution >= 4 is 34.1 Å². The van der Waals surface area contributed by atoms with E-state index in [9.17, 15) is 0 Å². The van der Waals surface area contributed by atoms with E-state index < -0.39 is 0 Å². The van der Waals surface area contributed by atoms with Crippen LogP contribution in [0.1, 0.15) is 32.6 Å². The van der Waals surface area contributed by atoms with Crippen LogP contribution >= 0.6 is 23.3 Å². The number of thioether (sulfide) groups is 1. The van der Waals surface area contributed by atoms with Crippen LogP contribution in [0.4, 0.5) is 10.8 Å². The molecule has 0 aromatic carbocycles. The largest absolute Gasteiger partial charge is 0.382 e. The average molecular weight is 243 g/mol. The number of nitrogens with two attached hydrogens (primary N) is 1. The van der Waals surface area contributed by atoms with Crippen molar-refractivity contribution < 1.29 is 0 Å². The Kier molecular flexibility index (Phi) is 3.11. The third kappa shape index (κ3) is 1.95. The smallest absolute Gasteiger partial charge is 0.153 e. The summed E-state index contributed by atoms with van der Waals surface area (Å²) in [5.41, 5.74) is 6.13. The maximum Gasteiger partial charge on any atom is 0.153 e. The van der Waals surface area contributed by atoms with Gasteiger partial charge in [-0.1, -0.05) is 6.92 Å². The molecule has 0 aliphatic heterocycles. The van der Waals surface area contributed by atoms with Crippen LogP contribution in [-0.4, -0.2) is 16.2 Å². The molecule has 1 heterocycles. The summed E-state index contributed by atoms with van der Waals surface area (Å²) in [6.45, 7) is 2.25. The SMILES string of the molecule is CCC1(Nc2snc(N)c2SC)CCC1. The van der Waals surface area contributed by atoms with E-state index in [0.29, 0.717) is 11.4 Å². The number of hydrogen-bond donors (Lipinski definition) is 2. The van der Waals surface area contributed by atoms with Crippen LogP contribution in [0.2, 0.25) is 0 Å². The molecule has 1 fully saturated rings. The molecule has 3 N–H and O–H groups in total. The van der Waals surface area contributed by atoms with Crippen molar-refractivity contribution in [3.8, 4) is 0 Å². The maximum atomic E-state index is 5.81. The Morgan fingerprint density at radius 2 is 2.33 bits per heavy atom. The Morgan fingerprint density at radius 3 is 2.80 bits per heavy atom. The predicted octanol–water partition coefficient (Wildman–Crippen LogP) is 3.19.